The van der Waals surface area contributed by atoms with Crippen LogP contribution < -0.4 is 10.6 Å². The molecule has 27 heavy (non-hydrogen) atoms. The van der Waals surface area contributed by atoms with Gasteiger partial charge in [0, 0.05) is 22.5 Å². The molecule has 5 nitrogen and oxygen atoms in total. The van der Waals surface area contributed by atoms with Crippen LogP contribution in [0.4, 0.5) is 9.52 Å². The smallest absolute Gasteiger partial charge is 0.254 e. The predicted octanol–water partition coefficient (Wildman–Crippen LogP) is 3.89. The summed E-state index contributed by atoms with van der Waals surface area (Å²) in [5.74, 6) is -1.72. The summed E-state index contributed by atoms with van der Waals surface area (Å²) in [7, 11) is 0. The second-order valence-electron chi connectivity index (χ2n) is 5.65. The molecule has 3 rings (SSSR count). The third kappa shape index (κ3) is 5.35. The molecule has 3 aromatic rings. The van der Waals surface area contributed by atoms with E-state index < -0.39 is 17.6 Å². The summed E-state index contributed by atoms with van der Waals surface area (Å²) in [5.41, 5.74) is 0.975. The summed E-state index contributed by atoms with van der Waals surface area (Å²) < 4.78 is 13.5. The molecule has 0 aliphatic heterocycles. The van der Waals surface area contributed by atoms with Crippen LogP contribution in [0, 0.1) is 5.82 Å². The van der Waals surface area contributed by atoms with Gasteiger partial charge >= 0.3 is 0 Å². The molecule has 2 amide bonds. The van der Waals surface area contributed by atoms with Crippen LogP contribution in [-0.2, 0) is 11.2 Å². The lowest BCUT2D eigenvalue weighted by Crippen LogP contribution is -2.33. The standard InChI is InChI=1S/C19H15ClFN3O2S/c20-13-7-5-12(6-8-13)9-14-10-23-19(27-14)24-17(25)11-22-18(26)15-3-1-2-4-16(15)21/h1-8,10H,9,11H2,(H,22,26)(H,23,24,25). The molecule has 0 saturated heterocycles. The van der Waals surface area contributed by atoms with Crippen LogP contribution >= 0.6 is 22.9 Å². The maximum atomic E-state index is 13.5. The lowest BCUT2D eigenvalue weighted by atomic mass is 10.1. The minimum absolute atomic E-state index is 0.107. The van der Waals surface area contributed by atoms with Gasteiger partial charge < -0.3 is 10.6 Å². The Hall–Kier alpha value is -2.77. The third-order valence-electron chi connectivity index (χ3n) is 3.62. The van der Waals surface area contributed by atoms with E-state index in [1.54, 1.807) is 12.3 Å². The van der Waals surface area contributed by atoms with Gasteiger partial charge in [0.25, 0.3) is 5.91 Å². The molecule has 0 spiro atoms. The molecule has 1 heterocycles. The number of carbonyl (C=O) groups is 2. The van der Waals surface area contributed by atoms with E-state index in [0.29, 0.717) is 16.6 Å². The Bertz CT molecular complexity index is 960. The molecule has 138 valence electrons. The van der Waals surface area contributed by atoms with Crippen molar-refractivity contribution in [2.75, 3.05) is 11.9 Å². The van der Waals surface area contributed by atoms with Gasteiger partial charge in [-0.05, 0) is 29.8 Å². The number of halogens is 2. The van der Waals surface area contributed by atoms with E-state index >= 15 is 0 Å². The van der Waals surface area contributed by atoms with Gasteiger partial charge in [0.05, 0.1) is 12.1 Å². The van der Waals surface area contributed by atoms with Crippen molar-refractivity contribution in [2.24, 2.45) is 0 Å². The van der Waals surface area contributed by atoms with Crippen LogP contribution in [0.15, 0.2) is 54.7 Å². The Morgan fingerprint density at radius 1 is 1.11 bits per heavy atom. The van der Waals surface area contributed by atoms with Crippen molar-refractivity contribution in [3.63, 3.8) is 0 Å². The van der Waals surface area contributed by atoms with Gasteiger partial charge in [-0.2, -0.15) is 0 Å². The minimum Gasteiger partial charge on any atom is -0.343 e. The first-order chi connectivity index (χ1) is 13.0. The molecule has 0 aliphatic rings. The monoisotopic (exact) mass is 403 g/mol. The molecule has 0 saturated carbocycles. The number of carbonyl (C=O) groups excluding carboxylic acids is 2. The van der Waals surface area contributed by atoms with Gasteiger partial charge in [0.2, 0.25) is 5.91 Å². The van der Waals surface area contributed by atoms with Crippen LogP contribution in [0.2, 0.25) is 5.02 Å². The Morgan fingerprint density at radius 2 is 1.85 bits per heavy atom. The van der Waals surface area contributed by atoms with E-state index in [1.807, 2.05) is 24.3 Å². The van der Waals surface area contributed by atoms with E-state index in [4.69, 9.17) is 11.6 Å². The van der Waals surface area contributed by atoms with E-state index in [2.05, 4.69) is 15.6 Å². The van der Waals surface area contributed by atoms with E-state index in [-0.39, 0.29) is 12.1 Å². The Labute approximate surface area is 164 Å². The minimum atomic E-state index is -0.647. The molecule has 0 atom stereocenters. The van der Waals surface area contributed by atoms with Gasteiger partial charge in [0.1, 0.15) is 5.82 Å². The number of hydrogen-bond donors (Lipinski definition) is 2. The van der Waals surface area contributed by atoms with Crippen LogP contribution in [0.25, 0.3) is 0 Å². The topological polar surface area (TPSA) is 71.1 Å². The van der Waals surface area contributed by atoms with Gasteiger partial charge in [0.15, 0.2) is 5.13 Å². The molecule has 0 radical (unpaired) electrons. The van der Waals surface area contributed by atoms with Crippen molar-refractivity contribution >= 4 is 39.9 Å². The van der Waals surface area contributed by atoms with E-state index in [1.165, 1.54) is 29.5 Å². The fourth-order valence-corrected chi connectivity index (χ4v) is 3.30. The van der Waals surface area contributed by atoms with Crippen molar-refractivity contribution < 1.29 is 14.0 Å². The second kappa shape index (κ2) is 8.75. The highest BCUT2D eigenvalue weighted by Crippen LogP contribution is 2.21. The quantitative estimate of drug-likeness (QED) is 0.655. The first kappa shape index (κ1) is 19.0. The normalized spacial score (nSPS) is 10.4. The lowest BCUT2D eigenvalue weighted by Gasteiger charge is -2.05. The summed E-state index contributed by atoms with van der Waals surface area (Å²) in [5, 5.41) is 6.11. The zero-order chi connectivity index (χ0) is 19.2. The number of nitrogens with one attached hydrogen (secondary N) is 2. The number of aromatic nitrogens is 1. The number of nitrogens with zero attached hydrogens (tertiary/aromatic N) is 1. The van der Waals surface area contributed by atoms with Crippen molar-refractivity contribution in [3.8, 4) is 0 Å². The van der Waals surface area contributed by atoms with Crippen molar-refractivity contribution in [2.45, 2.75) is 6.42 Å². The average molecular weight is 404 g/mol. The molecule has 1 aromatic heterocycles. The summed E-state index contributed by atoms with van der Waals surface area (Å²) in [6, 6.07) is 13.1. The number of thiazole rings is 1. The highest BCUT2D eigenvalue weighted by molar-refractivity contribution is 7.15. The summed E-state index contributed by atoms with van der Waals surface area (Å²) in [6.45, 7) is -0.279. The summed E-state index contributed by atoms with van der Waals surface area (Å²) >= 11 is 7.21. The molecular weight excluding hydrogens is 389 g/mol. The average Bonchev–Trinajstić information content (AvgIpc) is 3.09. The predicted molar refractivity (Wildman–Crippen MR) is 104 cm³/mol. The van der Waals surface area contributed by atoms with Gasteiger partial charge in [-0.25, -0.2) is 9.37 Å². The SMILES string of the molecule is O=C(CNC(=O)c1ccccc1F)Nc1ncc(Cc2ccc(Cl)cc2)s1. The first-order valence-electron chi connectivity index (χ1n) is 8.03. The first-order valence-corrected chi connectivity index (χ1v) is 9.22. The fraction of sp³-hybridized carbons (Fsp3) is 0.105. The van der Waals surface area contributed by atoms with Gasteiger partial charge in [-0.3, -0.25) is 9.59 Å². The largest absolute Gasteiger partial charge is 0.343 e. The van der Waals surface area contributed by atoms with Crippen LogP contribution in [-0.4, -0.2) is 23.3 Å². The third-order valence-corrected chi connectivity index (χ3v) is 4.78. The number of amides is 2. The zero-order valence-corrected chi connectivity index (χ0v) is 15.6. The second-order valence-corrected chi connectivity index (χ2v) is 7.20. The molecule has 8 heteroatoms. The van der Waals surface area contributed by atoms with Crippen LogP contribution in [0.5, 0.6) is 0 Å². The Kier molecular flexibility index (Phi) is 6.16. The Morgan fingerprint density at radius 3 is 2.59 bits per heavy atom. The van der Waals surface area contributed by atoms with Gasteiger partial charge in [-0.15, -0.1) is 11.3 Å². The lowest BCUT2D eigenvalue weighted by molar-refractivity contribution is -0.115. The fourth-order valence-electron chi connectivity index (χ4n) is 2.32. The van der Waals surface area contributed by atoms with Crippen molar-refractivity contribution in [1.82, 2.24) is 10.3 Å². The maximum Gasteiger partial charge on any atom is 0.254 e. The van der Waals surface area contributed by atoms with Crippen LogP contribution in [0.3, 0.4) is 0 Å². The molecular formula is C19H15ClFN3O2S. The number of hydrogen-bond acceptors (Lipinski definition) is 4. The highest BCUT2D eigenvalue weighted by atomic mass is 35.5. The van der Waals surface area contributed by atoms with E-state index in [9.17, 15) is 14.0 Å². The van der Waals surface area contributed by atoms with Crippen molar-refractivity contribution in [3.05, 3.63) is 81.6 Å². The van der Waals surface area contributed by atoms with Gasteiger partial charge in [-0.1, -0.05) is 35.9 Å². The number of anilines is 1. The zero-order valence-electron chi connectivity index (χ0n) is 14.0. The molecule has 0 bridgehead atoms. The molecule has 0 aliphatic carbocycles. The molecule has 0 unspecified atom stereocenters. The molecule has 0 fully saturated rings. The summed E-state index contributed by atoms with van der Waals surface area (Å²) in [6.07, 6.45) is 2.36. The summed E-state index contributed by atoms with van der Waals surface area (Å²) in [4.78, 5) is 29.0. The van der Waals surface area contributed by atoms with Crippen LogP contribution in [0.1, 0.15) is 20.8 Å². The number of rotatable bonds is 6. The van der Waals surface area contributed by atoms with Crippen molar-refractivity contribution in [1.29, 1.82) is 0 Å². The Balaban J connectivity index is 1.51. The number of benzene rings is 2. The maximum absolute atomic E-state index is 13.5. The molecule has 2 aromatic carbocycles. The molecule has 2 N–H and O–H groups in total. The highest BCUT2D eigenvalue weighted by Gasteiger charge is 2.13. The van der Waals surface area contributed by atoms with E-state index in [0.717, 1.165) is 10.4 Å².